The number of anilines is 1. The standard InChI is InChI=1S/C10H7Cl3N2O2S2/c1-5-9(18-10(13)14-5)19(16,17)15-8-3-6(11)2-7(12)4-8/h2-4,15H,1H3. The highest BCUT2D eigenvalue weighted by molar-refractivity contribution is 7.94. The number of aryl methyl sites for hydroxylation is 1. The number of benzene rings is 1. The number of sulfonamides is 1. The number of hydrogen-bond acceptors (Lipinski definition) is 4. The summed E-state index contributed by atoms with van der Waals surface area (Å²) in [4.78, 5) is 3.87. The molecule has 1 aromatic carbocycles. The third-order valence-electron chi connectivity index (χ3n) is 2.09. The minimum absolute atomic E-state index is 0.0635. The molecule has 0 spiro atoms. The van der Waals surface area contributed by atoms with Crippen molar-refractivity contribution in [2.75, 3.05) is 4.72 Å². The second-order valence-corrected chi connectivity index (χ2v) is 7.94. The van der Waals surface area contributed by atoms with Crippen LogP contribution >= 0.6 is 46.1 Å². The molecule has 1 heterocycles. The van der Waals surface area contributed by atoms with Crippen molar-refractivity contribution < 1.29 is 8.42 Å². The lowest BCUT2D eigenvalue weighted by Crippen LogP contribution is -2.12. The third-order valence-corrected chi connectivity index (χ3v) is 5.78. The average molecular weight is 358 g/mol. The molecule has 1 N–H and O–H groups in total. The van der Waals surface area contributed by atoms with Gasteiger partial charge in [0.2, 0.25) is 0 Å². The van der Waals surface area contributed by atoms with Gasteiger partial charge in [0.15, 0.2) is 8.68 Å². The molecule has 0 saturated carbocycles. The van der Waals surface area contributed by atoms with E-state index in [-0.39, 0.29) is 14.4 Å². The van der Waals surface area contributed by atoms with Crippen molar-refractivity contribution >= 4 is 61.9 Å². The fourth-order valence-corrected chi connectivity index (χ4v) is 4.72. The van der Waals surface area contributed by atoms with E-state index in [0.717, 1.165) is 11.3 Å². The molecule has 0 fully saturated rings. The van der Waals surface area contributed by atoms with Crippen LogP contribution < -0.4 is 4.72 Å². The summed E-state index contributed by atoms with van der Waals surface area (Å²) in [5, 5.41) is 0.675. The Kier molecular flexibility index (Phi) is 4.27. The molecule has 0 bridgehead atoms. The molecule has 0 saturated heterocycles. The summed E-state index contributed by atoms with van der Waals surface area (Å²) >= 11 is 18.2. The topological polar surface area (TPSA) is 59.1 Å². The Morgan fingerprint density at radius 1 is 1.16 bits per heavy atom. The van der Waals surface area contributed by atoms with Crippen LogP contribution in [0.25, 0.3) is 0 Å². The number of halogens is 3. The summed E-state index contributed by atoms with van der Waals surface area (Å²) in [5.41, 5.74) is 0.622. The van der Waals surface area contributed by atoms with Gasteiger partial charge in [-0.3, -0.25) is 4.72 Å². The lowest BCUT2D eigenvalue weighted by Gasteiger charge is -2.07. The lowest BCUT2D eigenvalue weighted by molar-refractivity contribution is 0.602. The predicted octanol–water partition coefficient (Wildman–Crippen LogP) is 4.21. The van der Waals surface area contributed by atoms with Gasteiger partial charge >= 0.3 is 0 Å². The van der Waals surface area contributed by atoms with Crippen molar-refractivity contribution in [3.8, 4) is 0 Å². The first kappa shape index (κ1) is 14.9. The molecule has 0 unspecified atom stereocenters. The Bertz CT molecular complexity index is 708. The maximum Gasteiger partial charge on any atom is 0.273 e. The summed E-state index contributed by atoms with van der Waals surface area (Å²) in [7, 11) is -3.75. The largest absolute Gasteiger partial charge is 0.279 e. The van der Waals surface area contributed by atoms with E-state index < -0.39 is 10.0 Å². The van der Waals surface area contributed by atoms with E-state index >= 15 is 0 Å². The molecular formula is C10H7Cl3N2O2S2. The van der Waals surface area contributed by atoms with Crippen LogP contribution in [0.15, 0.2) is 22.4 Å². The van der Waals surface area contributed by atoms with Gasteiger partial charge in [0.1, 0.15) is 0 Å². The number of nitrogens with one attached hydrogen (secondary N) is 1. The molecule has 0 amide bonds. The van der Waals surface area contributed by atoms with E-state index in [4.69, 9.17) is 34.8 Å². The molecule has 0 aliphatic rings. The molecule has 0 atom stereocenters. The highest BCUT2D eigenvalue weighted by atomic mass is 35.5. The first-order valence-corrected chi connectivity index (χ1v) is 8.33. The van der Waals surface area contributed by atoms with Crippen molar-refractivity contribution in [3.63, 3.8) is 0 Å². The van der Waals surface area contributed by atoms with Crippen LogP contribution in [0.1, 0.15) is 5.69 Å². The van der Waals surface area contributed by atoms with Crippen LogP contribution in [0.5, 0.6) is 0 Å². The first-order valence-electron chi connectivity index (χ1n) is 4.90. The van der Waals surface area contributed by atoms with Gasteiger partial charge in [-0.25, -0.2) is 13.4 Å². The van der Waals surface area contributed by atoms with Crippen LogP contribution in [0.3, 0.4) is 0 Å². The van der Waals surface area contributed by atoms with Crippen molar-refractivity contribution in [1.29, 1.82) is 0 Å². The molecule has 2 rings (SSSR count). The molecule has 0 aliphatic carbocycles. The van der Waals surface area contributed by atoms with Crippen LogP contribution in [-0.4, -0.2) is 13.4 Å². The minimum Gasteiger partial charge on any atom is -0.279 e. The van der Waals surface area contributed by atoms with Crippen molar-refractivity contribution in [2.45, 2.75) is 11.1 Å². The number of aromatic nitrogens is 1. The van der Waals surface area contributed by atoms with E-state index in [9.17, 15) is 8.42 Å². The summed E-state index contributed by atoms with van der Waals surface area (Å²) < 4.78 is 27.0. The van der Waals surface area contributed by atoms with Gasteiger partial charge in [0, 0.05) is 10.0 Å². The van der Waals surface area contributed by atoms with Gasteiger partial charge in [-0.15, -0.1) is 0 Å². The quantitative estimate of drug-likeness (QED) is 0.895. The Labute approximate surface area is 129 Å². The van der Waals surface area contributed by atoms with E-state index in [2.05, 4.69) is 9.71 Å². The van der Waals surface area contributed by atoms with Gasteiger partial charge in [0.25, 0.3) is 10.0 Å². The molecule has 9 heteroatoms. The van der Waals surface area contributed by atoms with E-state index in [0.29, 0.717) is 15.7 Å². The fourth-order valence-electron chi connectivity index (χ4n) is 1.41. The second kappa shape index (κ2) is 5.46. The number of hydrogen-bond donors (Lipinski definition) is 1. The SMILES string of the molecule is Cc1nc(Cl)sc1S(=O)(=O)Nc1cc(Cl)cc(Cl)c1. The van der Waals surface area contributed by atoms with Gasteiger partial charge in [-0.1, -0.05) is 46.1 Å². The molecular weight excluding hydrogens is 351 g/mol. The highest BCUT2D eigenvalue weighted by Crippen LogP contribution is 2.30. The van der Waals surface area contributed by atoms with Crippen LogP contribution in [0.4, 0.5) is 5.69 Å². The average Bonchev–Trinajstić information content (AvgIpc) is 2.56. The maximum atomic E-state index is 12.2. The van der Waals surface area contributed by atoms with Crippen LogP contribution in [0.2, 0.25) is 14.5 Å². The maximum absolute atomic E-state index is 12.2. The highest BCUT2D eigenvalue weighted by Gasteiger charge is 2.21. The van der Waals surface area contributed by atoms with Gasteiger partial charge in [0.05, 0.1) is 11.4 Å². The summed E-state index contributed by atoms with van der Waals surface area (Å²) in [5.74, 6) is 0. The Morgan fingerprint density at radius 2 is 1.74 bits per heavy atom. The predicted molar refractivity (Wildman–Crippen MR) is 79.1 cm³/mol. The van der Waals surface area contributed by atoms with Crippen molar-refractivity contribution in [1.82, 2.24) is 4.98 Å². The third kappa shape index (κ3) is 3.52. The number of thiazole rings is 1. The first-order chi connectivity index (χ1) is 8.78. The van der Waals surface area contributed by atoms with Gasteiger partial charge < -0.3 is 0 Å². The molecule has 1 aromatic heterocycles. The Morgan fingerprint density at radius 3 is 2.21 bits per heavy atom. The summed E-state index contributed by atoms with van der Waals surface area (Å²) in [6.45, 7) is 1.57. The van der Waals surface area contributed by atoms with Crippen molar-refractivity contribution in [2.24, 2.45) is 0 Å². The van der Waals surface area contributed by atoms with Gasteiger partial charge in [-0.05, 0) is 25.1 Å². The lowest BCUT2D eigenvalue weighted by atomic mass is 10.3. The summed E-state index contributed by atoms with van der Waals surface area (Å²) in [6.07, 6.45) is 0. The molecule has 102 valence electrons. The minimum atomic E-state index is -3.75. The summed E-state index contributed by atoms with van der Waals surface area (Å²) in [6, 6.07) is 4.43. The number of rotatable bonds is 3. The molecule has 0 aliphatic heterocycles. The van der Waals surface area contributed by atoms with E-state index in [1.807, 2.05) is 0 Å². The van der Waals surface area contributed by atoms with Gasteiger partial charge in [-0.2, -0.15) is 0 Å². The molecule has 2 aromatic rings. The normalized spacial score (nSPS) is 11.6. The van der Waals surface area contributed by atoms with E-state index in [1.54, 1.807) is 6.92 Å². The fraction of sp³-hybridized carbons (Fsp3) is 0.100. The molecule has 0 radical (unpaired) electrons. The van der Waals surface area contributed by atoms with Crippen LogP contribution in [0, 0.1) is 6.92 Å². The molecule has 19 heavy (non-hydrogen) atoms. The van der Waals surface area contributed by atoms with Crippen LogP contribution in [-0.2, 0) is 10.0 Å². The zero-order chi connectivity index (χ0) is 14.2. The zero-order valence-electron chi connectivity index (χ0n) is 9.45. The smallest absolute Gasteiger partial charge is 0.273 e. The van der Waals surface area contributed by atoms with Crippen molar-refractivity contribution in [3.05, 3.63) is 38.4 Å². The monoisotopic (exact) mass is 356 g/mol. The Balaban J connectivity index is 2.39. The Hall–Kier alpha value is -0.530. The number of nitrogens with zero attached hydrogens (tertiary/aromatic N) is 1. The zero-order valence-corrected chi connectivity index (χ0v) is 13.3. The second-order valence-electron chi connectivity index (χ2n) is 3.60. The molecule has 4 nitrogen and oxygen atoms in total. The van der Waals surface area contributed by atoms with E-state index in [1.165, 1.54) is 18.2 Å².